The van der Waals surface area contributed by atoms with Gasteiger partial charge in [-0.1, -0.05) is 44.2 Å². The monoisotopic (exact) mass is 277 g/mol. The van der Waals surface area contributed by atoms with E-state index in [-0.39, 0.29) is 11.3 Å². The molecule has 0 aliphatic heterocycles. The van der Waals surface area contributed by atoms with E-state index in [0.717, 1.165) is 12.1 Å². The van der Waals surface area contributed by atoms with Crippen LogP contribution < -0.4 is 11.1 Å². The Kier molecular flexibility index (Phi) is 5.31. The van der Waals surface area contributed by atoms with Gasteiger partial charge in [0.2, 0.25) is 5.91 Å². The van der Waals surface area contributed by atoms with Crippen molar-refractivity contribution in [2.75, 3.05) is 27.2 Å². The summed E-state index contributed by atoms with van der Waals surface area (Å²) >= 11 is 0. The summed E-state index contributed by atoms with van der Waals surface area (Å²) in [6.07, 6.45) is 0. The van der Waals surface area contributed by atoms with Gasteiger partial charge >= 0.3 is 0 Å². The summed E-state index contributed by atoms with van der Waals surface area (Å²) < 4.78 is 0. The molecule has 112 valence electrons. The molecule has 0 saturated heterocycles. The minimum atomic E-state index is -1.00. The number of amides is 1. The van der Waals surface area contributed by atoms with E-state index in [4.69, 9.17) is 5.73 Å². The molecule has 4 nitrogen and oxygen atoms in total. The second kappa shape index (κ2) is 6.37. The molecule has 0 aliphatic rings. The zero-order valence-electron chi connectivity index (χ0n) is 13.2. The van der Waals surface area contributed by atoms with Gasteiger partial charge in [0.1, 0.15) is 5.54 Å². The van der Waals surface area contributed by atoms with Crippen LogP contribution in [-0.4, -0.2) is 38.0 Å². The molecule has 1 atom stereocenters. The number of nitrogens with two attached hydrogens (primary N) is 1. The van der Waals surface area contributed by atoms with Crippen LogP contribution in [0.5, 0.6) is 0 Å². The van der Waals surface area contributed by atoms with Crippen molar-refractivity contribution < 1.29 is 4.79 Å². The molecule has 1 aromatic rings. The third-order valence-electron chi connectivity index (χ3n) is 3.32. The number of nitrogens with one attached hydrogen (secondary N) is 1. The molecular weight excluding hydrogens is 250 g/mol. The Bertz CT molecular complexity index is 438. The number of carbonyl (C=O) groups is 1. The van der Waals surface area contributed by atoms with E-state index in [1.54, 1.807) is 6.92 Å². The van der Waals surface area contributed by atoms with Gasteiger partial charge in [0.05, 0.1) is 0 Å². The van der Waals surface area contributed by atoms with E-state index >= 15 is 0 Å². The maximum absolute atomic E-state index is 12.3. The third kappa shape index (κ3) is 4.62. The first-order chi connectivity index (χ1) is 9.15. The Morgan fingerprint density at radius 2 is 1.75 bits per heavy atom. The Labute approximate surface area is 122 Å². The Hall–Kier alpha value is -1.39. The zero-order valence-corrected chi connectivity index (χ0v) is 13.2. The predicted octanol–water partition coefficient (Wildman–Crippen LogP) is 1.56. The van der Waals surface area contributed by atoms with Gasteiger partial charge in [0.15, 0.2) is 0 Å². The van der Waals surface area contributed by atoms with E-state index < -0.39 is 5.54 Å². The van der Waals surface area contributed by atoms with Crippen LogP contribution in [0.1, 0.15) is 26.3 Å². The van der Waals surface area contributed by atoms with Crippen molar-refractivity contribution in [2.45, 2.75) is 26.3 Å². The summed E-state index contributed by atoms with van der Waals surface area (Å²) in [5.74, 6) is -0.143. The highest BCUT2D eigenvalue weighted by molar-refractivity contribution is 5.87. The summed E-state index contributed by atoms with van der Waals surface area (Å²) in [4.78, 5) is 14.5. The number of hydrogen-bond donors (Lipinski definition) is 2. The zero-order chi connectivity index (χ0) is 15.4. The number of rotatable bonds is 6. The standard InChI is InChI=1S/C16H27N3O/c1-15(2,12-19(4)5)11-18-14(20)16(3,17)13-9-7-6-8-10-13/h6-10H,11-12,17H2,1-5H3,(H,18,20). The molecule has 1 unspecified atom stereocenters. The van der Waals surface area contributed by atoms with Gasteiger partial charge in [-0.3, -0.25) is 4.79 Å². The first-order valence-corrected chi connectivity index (χ1v) is 6.92. The van der Waals surface area contributed by atoms with Gasteiger partial charge in [0, 0.05) is 13.1 Å². The van der Waals surface area contributed by atoms with Crippen LogP contribution in [0.4, 0.5) is 0 Å². The number of nitrogens with zero attached hydrogens (tertiary/aromatic N) is 1. The molecule has 1 aromatic carbocycles. The second-order valence-corrected chi connectivity index (χ2v) is 6.65. The molecule has 20 heavy (non-hydrogen) atoms. The Balaban J connectivity index is 2.67. The van der Waals surface area contributed by atoms with Crippen LogP contribution in [-0.2, 0) is 10.3 Å². The molecule has 0 spiro atoms. The molecule has 1 rings (SSSR count). The smallest absolute Gasteiger partial charge is 0.244 e. The van der Waals surface area contributed by atoms with Crippen molar-refractivity contribution in [2.24, 2.45) is 11.1 Å². The van der Waals surface area contributed by atoms with Gasteiger partial charge in [0.25, 0.3) is 0 Å². The maximum atomic E-state index is 12.3. The summed E-state index contributed by atoms with van der Waals surface area (Å²) in [5.41, 5.74) is 6.01. The minimum absolute atomic E-state index is 0.00588. The van der Waals surface area contributed by atoms with Gasteiger partial charge in [-0.2, -0.15) is 0 Å². The van der Waals surface area contributed by atoms with Crippen molar-refractivity contribution in [1.29, 1.82) is 0 Å². The van der Waals surface area contributed by atoms with Crippen LogP contribution in [0.2, 0.25) is 0 Å². The lowest BCUT2D eigenvalue weighted by atomic mass is 9.90. The van der Waals surface area contributed by atoms with E-state index in [0.29, 0.717) is 6.54 Å². The molecule has 0 saturated carbocycles. The van der Waals surface area contributed by atoms with Crippen LogP contribution in [0.3, 0.4) is 0 Å². The van der Waals surface area contributed by atoms with Crippen molar-refractivity contribution in [1.82, 2.24) is 10.2 Å². The Morgan fingerprint density at radius 3 is 2.25 bits per heavy atom. The van der Waals surface area contributed by atoms with Gasteiger partial charge in [-0.25, -0.2) is 0 Å². The lowest BCUT2D eigenvalue weighted by molar-refractivity contribution is -0.126. The molecular formula is C16H27N3O. The van der Waals surface area contributed by atoms with Gasteiger partial charge < -0.3 is 16.0 Å². The van der Waals surface area contributed by atoms with E-state index in [1.807, 2.05) is 44.4 Å². The summed E-state index contributed by atoms with van der Waals surface area (Å²) in [6, 6.07) is 9.46. The lowest BCUT2D eigenvalue weighted by Crippen LogP contribution is -2.51. The molecule has 0 bridgehead atoms. The fraction of sp³-hybridized carbons (Fsp3) is 0.562. The molecule has 0 heterocycles. The van der Waals surface area contributed by atoms with Crippen LogP contribution in [0, 0.1) is 5.41 Å². The van der Waals surface area contributed by atoms with E-state index in [1.165, 1.54) is 0 Å². The highest BCUT2D eigenvalue weighted by Crippen LogP contribution is 2.19. The average molecular weight is 277 g/mol. The molecule has 1 amide bonds. The summed E-state index contributed by atoms with van der Waals surface area (Å²) in [6.45, 7) is 7.51. The Morgan fingerprint density at radius 1 is 1.20 bits per heavy atom. The SMILES string of the molecule is CN(C)CC(C)(C)CNC(=O)C(C)(N)c1ccccc1. The van der Waals surface area contributed by atoms with Crippen LogP contribution in [0.25, 0.3) is 0 Å². The summed E-state index contributed by atoms with van der Waals surface area (Å²) in [5, 5.41) is 2.98. The summed E-state index contributed by atoms with van der Waals surface area (Å²) in [7, 11) is 4.06. The fourth-order valence-electron chi connectivity index (χ4n) is 2.33. The number of hydrogen-bond acceptors (Lipinski definition) is 3. The highest BCUT2D eigenvalue weighted by Gasteiger charge is 2.31. The maximum Gasteiger partial charge on any atom is 0.244 e. The normalized spacial score (nSPS) is 14.9. The third-order valence-corrected chi connectivity index (χ3v) is 3.32. The largest absolute Gasteiger partial charge is 0.354 e. The van der Waals surface area contributed by atoms with E-state index in [2.05, 4.69) is 24.1 Å². The molecule has 4 heteroatoms. The molecule has 0 aliphatic carbocycles. The topological polar surface area (TPSA) is 58.4 Å². The van der Waals surface area contributed by atoms with Crippen molar-refractivity contribution in [3.05, 3.63) is 35.9 Å². The van der Waals surface area contributed by atoms with Crippen LogP contribution >= 0.6 is 0 Å². The van der Waals surface area contributed by atoms with E-state index in [9.17, 15) is 4.79 Å². The molecule has 0 radical (unpaired) electrons. The minimum Gasteiger partial charge on any atom is -0.354 e. The van der Waals surface area contributed by atoms with Gasteiger partial charge in [-0.15, -0.1) is 0 Å². The number of carbonyl (C=O) groups excluding carboxylic acids is 1. The molecule has 0 fully saturated rings. The fourth-order valence-corrected chi connectivity index (χ4v) is 2.33. The quantitative estimate of drug-likeness (QED) is 0.830. The highest BCUT2D eigenvalue weighted by atomic mass is 16.2. The molecule has 0 aromatic heterocycles. The van der Waals surface area contributed by atoms with Crippen molar-refractivity contribution >= 4 is 5.91 Å². The first-order valence-electron chi connectivity index (χ1n) is 6.92. The lowest BCUT2D eigenvalue weighted by Gasteiger charge is -2.31. The second-order valence-electron chi connectivity index (χ2n) is 6.65. The van der Waals surface area contributed by atoms with Crippen molar-refractivity contribution in [3.8, 4) is 0 Å². The van der Waals surface area contributed by atoms with Crippen LogP contribution in [0.15, 0.2) is 30.3 Å². The first kappa shape index (κ1) is 16.7. The molecule has 3 N–H and O–H groups in total. The number of benzene rings is 1. The average Bonchev–Trinajstić information content (AvgIpc) is 2.35. The predicted molar refractivity (Wildman–Crippen MR) is 83.3 cm³/mol. The van der Waals surface area contributed by atoms with Gasteiger partial charge in [-0.05, 0) is 32.0 Å². The van der Waals surface area contributed by atoms with Crippen molar-refractivity contribution in [3.63, 3.8) is 0 Å².